The van der Waals surface area contributed by atoms with Gasteiger partial charge in [-0.25, -0.2) is 4.98 Å². The number of Topliss-reactive ketones (excluding diaryl/α,β-unsaturated/α-hetero) is 1. The molecule has 0 aliphatic rings. The molecular formula is C13H17NO4S. The van der Waals surface area contributed by atoms with Gasteiger partial charge in [-0.1, -0.05) is 0 Å². The van der Waals surface area contributed by atoms with Crippen molar-refractivity contribution in [3.63, 3.8) is 0 Å². The molecule has 0 saturated heterocycles. The van der Waals surface area contributed by atoms with E-state index in [4.69, 9.17) is 4.74 Å². The average Bonchev–Trinajstić information content (AvgIpc) is 2.38. The molecule has 0 atom stereocenters. The number of ketones is 1. The number of aromatic nitrogens is 1. The number of aryl methyl sites for hydroxylation is 1. The van der Waals surface area contributed by atoms with Crippen LogP contribution in [0.3, 0.4) is 0 Å². The first-order valence-corrected chi connectivity index (χ1v) is 6.41. The van der Waals surface area contributed by atoms with Crippen molar-refractivity contribution in [2.75, 3.05) is 6.61 Å². The Bertz CT molecular complexity index is 514. The summed E-state index contributed by atoms with van der Waals surface area (Å²) in [5, 5.41) is 9.89. The first kappa shape index (κ1) is 15.5. The third-order valence-electron chi connectivity index (χ3n) is 2.68. The zero-order valence-electron chi connectivity index (χ0n) is 11.2. The molecule has 1 rings (SSSR count). The van der Waals surface area contributed by atoms with E-state index < -0.39 is 5.97 Å². The molecule has 0 aliphatic heterocycles. The van der Waals surface area contributed by atoms with Crippen molar-refractivity contribution in [1.82, 2.24) is 4.98 Å². The molecule has 1 aromatic heterocycles. The molecule has 19 heavy (non-hydrogen) atoms. The van der Waals surface area contributed by atoms with Crippen LogP contribution in [-0.2, 0) is 9.53 Å². The molecular weight excluding hydrogens is 266 g/mol. The highest BCUT2D eigenvalue weighted by molar-refractivity contribution is 7.80. The Morgan fingerprint density at radius 3 is 2.53 bits per heavy atom. The van der Waals surface area contributed by atoms with E-state index in [-0.39, 0.29) is 36.7 Å². The third kappa shape index (κ3) is 3.70. The maximum atomic E-state index is 11.9. The first-order valence-electron chi connectivity index (χ1n) is 5.96. The van der Waals surface area contributed by atoms with Crippen LogP contribution in [0.4, 0.5) is 0 Å². The largest absolute Gasteiger partial charge is 0.505 e. The summed E-state index contributed by atoms with van der Waals surface area (Å²) in [5.74, 6) is -0.996. The topological polar surface area (TPSA) is 76.5 Å². The Hall–Kier alpha value is -1.56. The van der Waals surface area contributed by atoms with E-state index in [1.54, 1.807) is 20.8 Å². The van der Waals surface area contributed by atoms with Gasteiger partial charge in [-0.15, -0.1) is 12.6 Å². The number of carbonyl (C=O) groups excluding carboxylic acids is 2. The second kappa shape index (κ2) is 6.56. The van der Waals surface area contributed by atoms with Crippen LogP contribution in [0.1, 0.15) is 41.5 Å². The fourth-order valence-corrected chi connectivity index (χ4v) is 1.75. The standard InChI is InChI=1S/C13H17NO4S/c1-4-18-10(16)6-5-9(15)11-12(17)7(2)13(19)8(3)14-11/h17,19H,4-6H2,1-3H3. The van der Waals surface area contributed by atoms with Crippen molar-refractivity contribution in [1.29, 1.82) is 0 Å². The van der Waals surface area contributed by atoms with Crippen LogP contribution in [0.5, 0.6) is 5.75 Å². The second-order valence-electron chi connectivity index (χ2n) is 4.10. The normalized spacial score (nSPS) is 10.3. The molecule has 104 valence electrons. The summed E-state index contributed by atoms with van der Waals surface area (Å²) in [6, 6.07) is 0. The molecule has 1 heterocycles. The minimum Gasteiger partial charge on any atom is -0.505 e. The Morgan fingerprint density at radius 1 is 1.32 bits per heavy atom. The Kier molecular flexibility index (Phi) is 5.35. The predicted octanol–water partition coefficient (Wildman–Crippen LogP) is 2.22. The minimum absolute atomic E-state index is 0.0166. The van der Waals surface area contributed by atoms with Crippen LogP contribution >= 0.6 is 12.6 Å². The number of pyridine rings is 1. The number of thiol groups is 1. The van der Waals surface area contributed by atoms with Gasteiger partial charge < -0.3 is 9.84 Å². The number of ether oxygens (including phenoxy) is 1. The fraction of sp³-hybridized carbons (Fsp3) is 0.462. The van der Waals surface area contributed by atoms with Crippen LogP contribution in [0.25, 0.3) is 0 Å². The zero-order valence-corrected chi connectivity index (χ0v) is 12.1. The van der Waals surface area contributed by atoms with Crippen molar-refractivity contribution < 1.29 is 19.4 Å². The van der Waals surface area contributed by atoms with Gasteiger partial charge >= 0.3 is 5.97 Å². The van der Waals surface area contributed by atoms with Gasteiger partial charge in [-0.2, -0.15) is 0 Å². The highest BCUT2D eigenvalue weighted by atomic mass is 32.1. The van der Waals surface area contributed by atoms with Gasteiger partial charge in [0.15, 0.2) is 5.78 Å². The second-order valence-corrected chi connectivity index (χ2v) is 4.54. The van der Waals surface area contributed by atoms with Crippen LogP contribution in [0.15, 0.2) is 4.90 Å². The summed E-state index contributed by atoms with van der Waals surface area (Å²) in [6.45, 7) is 5.35. The lowest BCUT2D eigenvalue weighted by molar-refractivity contribution is -0.143. The molecule has 0 aromatic carbocycles. The Balaban J connectivity index is 2.86. The molecule has 0 bridgehead atoms. The maximum Gasteiger partial charge on any atom is 0.306 e. The van der Waals surface area contributed by atoms with Crippen molar-refractivity contribution in [2.45, 2.75) is 38.5 Å². The van der Waals surface area contributed by atoms with E-state index in [1.807, 2.05) is 0 Å². The van der Waals surface area contributed by atoms with Crippen LogP contribution in [-0.4, -0.2) is 28.4 Å². The lowest BCUT2D eigenvalue weighted by atomic mass is 10.1. The number of hydrogen-bond donors (Lipinski definition) is 2. The van der Waals surface area contributed by atoms with E-state index in [0.29, 0.717) is 16.2 Å². The zero-order chi connectivity index (χ0) is 14.6. The van der Waals surface area contributed by atoms with Crippen molar-refractivity contribution in [3.8, 4) is 5.75 Å². The molecule has 0 saturated carbocycles. The fourth-order valence-electron chi connectivity index (χ4n) is 1.60. The summed E-state index contributed by atoms with van der Waals surface area (Å²) in [4.78, 5) is 27.7. The van der Waals surface area contributed by atoms with Crippen LogP contribution in [0.2, 0.25) is 0 Å². The number of hydrogen-bond acceptors (Lipinski definition) is 6. The SMILES string of the molecule is CCOC(=O)CCC(=O)c1nc(C)c(S)c(C)c1O. The van der Waals surface area contributed by atoms with Crippen LogP contribution in [0, 0.1) is 13.8 Å². The highest BCUT2D eigenvalue weighted by Gasteiger charge is 2.19. The first-order chi connectivity index (χ1) is 8.88. The Labute approximate surface area is 117 Å². The summed E-state index contributed by atoms with van der Waals surface area (Å²) >= 11 is 4.20. The van der Waals surface area contributed by atoms with Crippen molar-refractivity contribution in [3.05, 3.63) is 17.0 Å². The van der Waals surface area contributed by atoms with Gasteiger partial charge in [0.05, 0.1) is 18.7 Å². The summed E-state index contributed by atoms with van der Waals surface area (Å²) in [7, 11) is 0. The number of aromatic hydroxyl groups is 1. The maximum absolute atomic E-state index is 11.9. The number of nitrogens with zero attached hydrogens (tertiary/aromatic N) is 1. The quantitative estimate of drug-likeness (QED) is 0.492. The van der Waals surface area contributed by atoms with E-state index in [9.17, 15) is 14.7 Å². The molecule has 0 unspecified atom stereocenters. The van der Waals surface area contributed by atoms with Gasteiger partial charge in [-0.3, -0.25) is 9.59 Å². The molecule has 1 aromatic rings. The molecule has 1 N–H and O–H groups in total. The molecule has 0 radical (unpaired) electrons. The van der Waals surface area contributed by atoms with Gasteiger partial charge in [0.2, 0.25) is 0 Å². The lowest BCUT2D eigenvalue weighted by Crippen LogP contribution is -2.10. The highest BCUT2D eigenvalue weighted by Crippen LogP contribution is 2.29. The van der Waals surface area contributed by atoms with Gasteiger partial charge in [0.1, 0.15) is 11.4 Å². The number of esters is 1. The Morgan fingerprint density at radius 2 is 1.95 bits per heavy atom. The van der Waals surface area contributed by atoms with Gasteiger partial charge in [-0.05, 0) is 20.8 Å². The number of rotatable bonds is 5. The van der Waals surface area contributed by atoms with E-state index >= 15 is 0 Å². The molecule has 6 heteroatoms. The van der Waals surface area contributed by atoms with Gasteiger partial charge in [0.25, 0.3) is 0 Å². The van der Waals surface area contributed by atoms with Crippen molar-refractivity contribution >= 4 is 24.4 Å². The van der Waals surface area contributed by atoms with E-state index in [2.05, 4.69) is 17.6 Å². The lowest BCUT2D eigenvalue weighted by Gasteiger charge is -2.10. The van der Waals surface area contributed by atoms with E-state index in [1.165, 1.54) is 0 Å². The molecule has 0 amide bonds. The molecule has 5 nitrogen and oxygen atoms in total. The monoisotopic (exact) mass is 283 g/mol. The molecule has 0 fully saturated rings. The van der Waals surface area contributed by atoms with E-state index in [0.717, 1.165) is 0 Å². The predicted molar refractivity (Wildman–Crippen MR) is 72.8 cm³/mol. The summed E-state index contributed by atoms with van der Waals surface area (Å²) in [6.07, 6.45) is -0.0568. The molecule has 0 spiro atoms. The number of carbonyl (C=O) groups is 2. The smallest absolute Gasteiger partial charge is 0.306 e. The molecule has 0 aliphatic carbocycles. The third-order valence-corrected chi connectivity index (χ3v) is 3.34. The van der Waals surface area contributed by atoms with Crippen LogP contribution < -0.4 is 0 Å². The summed E-state index contributed by atoms with van der Waals surface area (Å²) in [5.41, 5.74) is 1.06. The summed E-state index contributed by atoms with van der Waals surface area (Å²) < 4.78 is 4.74. The average molecular weight is 283 g/mol. The van der Waals surface area contributed by atoms with Crippen molar-refractivity contribution in [2.24, 2.45) is 0 Å². The minimum atomic E-state index is -0.436. The van der Waals surface area contributed by atoms with Gasteiger partial charge in [0, 0.05) is 16.9 Å².